The van der Waals surface area contributed by atoms with E-state index in [4.69, 9.17) is 16.3 Å². The zero-order chi connectivity index (χ0) is 13.8. The second-order valence-electron chi connectivity index (χ2n) is 3.55. The zero-order valence-corrected chi connectivity index (χ0v) is 10.3. The number of nitro groups is 1. The lowest BCUT2D eigenvalue weighted by Crippen LogP contribution is -2.12. The first-order valence-corrected chi connectivity index (χ1v) is 5.53. The number of carbonyl (C=O) groups excluding carboxylic acids is 1. The summed E-state index contributed by atoms with van der Waals surface area (Å²) in [5.41, 5.74) is 0.0776. The lowest BCUT2D eigenvalue weighted by Gasteiger charge is -2.05. The average Bonchev–Trinajstić information content (AvgIpc) is 2.90. The molecule has 8 heteroatoms. The molecule has 0 aliphatic heterocycles. The van der Waals surface area contributed by atoms with E-state index in [0.717, 1.165) is 4.57 Å². The van der Waals surface area contributed by atoms with Crippen LogP contribution in [0, 0.1) is 10.1 Å². The highest BCUT2D eigenvalue weighted by atomic mass is 35.5. The molecule has 1 heterocycles. The summed E-state index contributed by atoms with van der Waals surface area (Å²) in [5.74, 6) is 0. The van der Waals surface area contributed by atoms with E-state index in [1.807, 2.05) is 0 Å². The topological polar surface area (TPSA) is 87.3 Å². The third-order valence-corrected chi connectivity index (χ3v) is 2.55. The lowest BCUT2D eigenvalue weighted by molar-refractivity contribution is -0.385. The highest BCUT2D eigenvalue weighted by Crippen LogP contribution is 2.23. The Kier molecular flexibility index (Phi) is 3.76. The van der Waals surface area contributed by atoms with Crippen molar-refractivity contribution in [3.8, 4) is 0 Å². The van der Waals surface area contributed by atoms with E-state index in [1.54, 1.807) is 0 Å². The SMILES string of the molecule is O=C(OCc1ccc(Cl)cc1[N+](=O)[O-])n1ccnc1. The summed E-state index contributed by atoms with van der Waals surface area (Å²) in [5, 5.41) is 11.1. The molecule has 0 fully saturated rings. The van der Waals surface area contributed by atoms with Gasteiger partial charge in [0.15, 0.2) is 0 Å². The minimum atomic E-state index is -0.665. The summed E-state index contributed by atoms with van der Waals surface area (Å²) in [6.07, 6.45) is 3.45. The minimum Gasteiger partial charge on any atom is -0.444 e. The predicted molar refractivity (Wildman–Crippen MR) is 65.9 cm³/mol. The Morgan fingerprint density at radius 1 is 1.53 bits per heavy atom. The number of aromatic nitrogens is 2. The van der Waals surface area contributed by atoms with Gasteiger partial charge in [0.2, 0.25) is 0 Å². The largest absolute Gasteiger partial charge is 0.444 e. The Labute approximate surface area is 112 Å². The second kappa shape index (κ2) is 5.49. The molecule has 0 saturated heterocycles. The smallest absolute Gasteiger partial charge is 0.419 e. The van der Waals surface area contributed by atoms with E-state index >= 15 is 0 Å². The monoisotopic (exact) mass is 281 g/mol. The Morgan fingerprint density at radius 3 is 2.95 bits per heavy atom. The second-order valence-corrected chi connectivity index (χ2v) is 3.99. The molecule has 2 aromatic rings. The Balaban J connectivity index is 2.11. The fraction of sp³-hybridized carbons (Fsp3) is 0.0909. The number of rotatable bonds is 3. The summed E-state index contributed by atoms with van der Waals surface area (Å²) in [6.45, 7) is -0.218. The first-order valence-electron chi connectivity index (χ1n) is 5.16. The van der Waals surface area contributed by atoms with Gasteiger partial charge in [0.25, 0.3) is 5.69 Å². The Bertz CT molecular complexity index is 612. The van der Waals surface area contributed by atoms with Crippen molar-refractivity contribution in [1.29, 1.82) is 0 Å². The van der Waals surface area contributed by atoms with Crippen molar-refractivity contribution in [3.05, 3.63) is 57.6 Å². The molecule has 0 aliphatic carbocycles. The third-order valence-electron chi connectivity index (χ3n) is 2.31. The van der Waals surface area contributed by atoms with E-state index in [0.29, 0.717) is 0 Å². The van der Waals surface area contributed by atoms with Gasteiger partial charge in [0.1, 0.15) is 12.9 Å². The summed E-state index contributed by atoms with van der Waals surface area (Å²) in [6, 6.07) is 4.15. The molecule has 0 aliphatic rings. The van der Waals surface area contributed by atoms with Crippen LogP contribution >= 0.6 is 11.6 Å². The average molecular weight is 282 g/mol. The maximum absolute atomic E-state index is 11.5. The van der Waals surface area contributed by atoms with Crippen LogP contribution in [0.3, 0.4) is 0 Å². The number of nitro benzene ring substituents is 1. The number of benzene rings is 1. The van der Waals surface area contributed by atoms with Gasteiger partial charge in [-0.3, -0.25) is 10.1 Å². The summed E-state index contributed by atoms with van der Waals surface area (Å²) in [7, 11) is 0. The van der Waals surface area contributed by atoms with Crippen LogP contribution in [0.25, 0.3) is 0 Å². The molecule has 98 valence electrons. The van der Waals surface area contributed by atoms with Gasteiger partial charge < -0.3 is 4.74 Å². The number of halogens is 1. The Hall–Kier alpha value is -2.41. The van der Waals surface area contributed by atoms with Crippen LogP contribution in [0.1, 0.15) is 5.56 Å². The van der Waals surface area contributed by atoms with Crippen molar-refractivity contribution < 1.29 is 14.5 Å². The van der Waals surface area contributed by atoms with Crippen LogP contribution in [0.4, 0.5) is 10.5 Å². The molecule has 0 spiro atoms. The molecule has 0 N–H and O–H groups in total. The first-order chi connectivity index (χ1) is 9.08. The van der Waals surface area contributed by atoms with Crippen molar-refractivity contribution in [2.24, 2.45) is 0 Å². The fourth-order valence-corrected chi connectivity index (χ4v) is 1.58. The van der Waals surface area contributed by atoms with Crippen molar-refractivity contribution >= 4 is 23.4 Å². The number of hydrogen-bond acceptors (Lipinski definition) is 5. The lowest BCUT2D eigenvalue weighted by atomic mass is 10.2. The number of ether oxygens (including phenoxy) is 1. The highest BCUT2D eigenvalue weighted by Gasteiger charge is 2.16. The van der Waals surface area contributed by atoms with Gasteiger partial charge >= 0.3 is 6.09 Å². The molecule has 1 aromatic heterocycles. The third kappa shape index (κ3) is 3.08. The van der Waals surface area contributed by atoms with Gasteiger partial charge in [0.05, 0.1) is 10.5 Å². The van der Waals surface area contributed by atoms with Crippen molar-refractivity contribution in [1.82, 2.24) is 9.55 Å². The summed E-state index contributed by atoms with van der Waals surface area (Å²) < 4.78 is 6.07. The maximum Gasteiger partial charge on any atom is 0.419 e. The molecule has 2 rings (SSSR count). The first kappa shape index (κ1) is 13.0. The van der Waals surface area contributed by atoms with E-state index in [9.17, 15) is 14.9 Å². The molecule has 19 heavy (non-hydrogen) atoms. The highest BCUT2D eigenvalue weighted by molar-refractivity contribution is 6.30. The standard InChI is InChI=1S/C11H8ClN3O4/c12-9-2-1-8(10(5-9)15(17)18)6-19-11(16)14-4-3-13-7-14/h1-5,7H,6H2. The number of hydrogen-bond donors (Lipinski definition) is 0. The molecular weight excluding hydrogens is 274 g/mol. The van der Waals surface area contributed by atoms with E-state index in [2.05, 4.69) is 4.98 Å². The molecule has 0 unspecified atom stereocenters. The van der Waals surface area contributed by atoms with Crippen LogP contribution in [0.15, 0.2) is 36.9 Å². The number of nitrogens with zero attached hydrogens (tertiary/aromatic N) is 3. The van der Waals surface area contributed by atoms with Crippen LogP contribution < -0.4 is 0 Å². The van der Waals surface area contributed by atoms with E-state index in [-0.39, 0.29) is 22.9 Å². The fourth-order valence-electron chi connectivity index (χ4n) is 1.41. The van der Waals surface area contributed by atoms with Crippen molar-refractivity contribution in [3.63, 3.8) is 0 Å². The molecule has 0 radical (unpaired) electrons. The molecular formula is C11H8ClN3O4. The van der Waals surface area contributed by atoms with E-state index in [1.165, 1.54) is 36.9 Å². The van der Waals surface area contributed by atoms with Gasteiger partial charge in [-0.15, -0.1) is 0 Å². The molecule has 0 atom stereocenters. The summed E-state index contributed by atoms with van der Waals surface area (Å²) >= 11 is 5.68. The van der Waals surface area contributed by atoms with Crippen LogP contribution in [-0.4, -0.2) is 20.6 Å². The summed E-state index contributed by atoms with van der Waals surface area (Å²) in [4.78, 5) is 25.5. The molecule has 7 nitrogen and oxygen atoms in total. The van der Waals surface area contributed by atoms with Gasteiger partial charge in [-0.1, -0.05) is 11.6 Å². The number of carbonyl (C=O) groups is 1. The van der Waals surface area contributed by atoms with E-state index < -0.39 is 11.0 Å². The zero-order valence-electron chi connectivity index (χ0n) is 9.52. The predicted octanol–water partition coefficient (Wildman–Crippen LogP) is 2.63. The van der Waals surface area contributed by atoms with Gasteiger partial charge in [-0.2, -0.15) is 0 Å². The van der Waals surface area contributed by atoms with Gasteiger partial charge in [-0.25, -0.2) is 14.3 Å². The minimum absolute atomic E-state index is 0.189. The van der Waals surface area contributed by atoms with Crippen LogP contribution in [0.5, 0.6) is 0 Å². The van der Waals surface area contributed by atoms with Gasteiger partial charge in [0, 0.05) is 23.5 Å². The van der Waals surface area contributed by atoms with Crippen LogP contribution in [-0.2, 0) is 11.3 Å². The maximum atomic E-state index is 11.5. The molecule has 0 amide bonds. The molecule has 1 aromatic carbocycles. The number of imidazole rings is 1. The quantitative estimate of drug-likeness (QED) is 0.637. The van der Waals surface area contributed by atoms with Gasteiger partial charge in [-0.05, 0) is 12.1 Å². The normalized spacial score (nSPS) is 10.2. The molecule has 0 bridgehead atoms. The Morgan fingerprint density at radius 2 is 2.32 bits per heavy atom. The molecule has 0 saturated carbocycles. The van der Waals surface area contributed by atoms with Crippen LogP contribution in [0.2, 0.25) is 5.02 Å². The van der Waals surface area contributed by atoms with Crippen molar-refractivity contribution in [2.45, 2.75) is 6.61 Å². The van der Waals surface area contributed by atoms with Crippen molar-refractivity contribution in [2.75, 3.05) is 0 Å².